The Bertz CT molecular complexity index is 502. The number of Topliss-reactive ketones (excluding diaryl/α,β-unsaturated/α-hetero) is 1. The van der Waals surface area contributed by atoms with Gasteiger partial charge in [-0.25, -0.2) is 0 Å². The second-order valence-electron chi connectivity index (χ2n) is 3.76. The van der Waals surface area contributed by atoms with Crippen LogP contribution in [0.3, 0.4) is 0 Å². The Morgan fingerprint density at radius 2 is 1.94 bits per heavy atom. The van der Waals surface area contributed by atoms with Crippen LogP contribution in [-0.4, -0.2) is 5.78 Å². The van der Waals surface area contributed by atoms with Crippen molar-refractivity contribution in [2.45, 2.75) is 18.7 Å². The number of aryl methyl sites for hydroxylation is 1. The Kier molecular flexibility index (Phi) is 3.64. The van der Waals surface area contributed by atoms with Gasteiger partial charge >= 0.3 is 0 Å². The molecule has 0 aliphatic heterocycles. The van der Waals surface area contributed by atoms with E-state index in [1.165, 1.54) is 0 Å². The highest BCUT2D eigenvalue weighted by atomic mass is 35.5. The van der Waals surface area contributed by atoms with Gasteiger partial charge in [-0.2, -0.15) is 0 Å². The van der Waals surface area contributed by atoms with E-state index in [9.17, 15) is 4.79 Å². The number of hydrogen-bond acceptors (Lipinski definition) is 2. The van der Waals surface area contributed by atoms with Gasteiger partial charge in [0.15, 0.2) is 5.76 Å². The van der Waals surface area contributed by atoms with Crippen molar-refractivity contribution in [2.75, 3.05) is 0 Å². The number of rotatable bonds is 4. The summed E-state index contributed by atoms with van der Waals surface area (Å²) in [5, 5.41) is -0.688. The van der Waals surface area contributed by atoms with Crippen LogP contribution in [0.2, 0.25) is 0 Å². The fourth-order valence-electron chi connectivity index (χ4n) is 1.60. The predicted octanol–water partition coefficient (Wildman–Crippen LogP) is 4.00. The molecule has 3 heteroatoms. The molecule has 0 amide bonds. The van der Waals surface area contributed by atoms with E-state index >= 15 is 0 Å². The van der Waals surface area contributed by atoms with Gasteiger partial charge in [-0.05, 0) is 17.7 Å². The van der Waals surface area contributed by atoms with Gasteiger partial charge in [0.2, 0.25) is 5.78 Å². The predicted molar refractivity (Wildman–Crippen MR) is 67.5 cm³/mol. The summed E-state index contributed by atoms with van der Waals surface area (Å²) in [4.78, 5) is 12.0. The van der Waals surface area contributed by atoms with Gasteiger partial charge in [-0.1, -0.05) is 37.3 Å². The summed E-state index contributed by atoms with van der Waals surface area (Å²) >= 11 is 6.13. The molecular weight excluding hydrogens is 236 g/mol. The molecule has 1 atom stereocenters. The molecule has 17 heavy (non-hydrogen) atoms. The van der Waals surface area contributed by atoms with E-state index in [1.54, 1.807) is 6.07 Å². The first-order valence-electron chi connectivity index (χ1n) is 5.54. The molecule has 0 aliphatic carbocycles. The molecule has 0 bridgehead atoms. The molecule has 1 unspecified atom stereocenters. The van der Waals surface area contributed by atoms with Crippen molar-refractivity contribution >= 4 is 17.4 Å². The Balaban J connectivity index is 2.20. The third kappa shape index (κ3) is 2.59. The Morgan fingerprint density at radius 1 is 1.24 bits per heavy atom. The standard InChI is InChI=1S/C14H13ClO2/c1-2-11-8-9-12(17-11)14(16)13(15)10-6-4-3-5-7-10/h3-9,13H,2H2,1H3. The molecule has 0 radical (unpaired) electrons. The lowest BCUT2D eigenvalue weighted by atomic mass is 10.1. The largest absolute Gasteiger partial charge is 0.458 e. The minimum absolute atomic E-state index is 0.197. The smallest absolute Gasteiger partial charge is 0.220 e. The van der Waals surface area contributed by atoms with Gasteiger partial charge in [-0.3, -0.25) is 4.79 Å². The number of halogens is 1. The lowest BCUT2D eigenvalue weighted by molar-refractivity contribution is 0.0959. The van der Waals surface area contributed by atoms with Gasteiger partial charge in [0, 0.05) is 6.42 Å². The maximum Gasteiger partial charge on any atom is 0.220 e. The molecule has 2 rings (SSSR count). The van der Waals surface area contributed by atoms with E-state index in [4.69, 9.17) is 16.0 Å². The third-order valence-electron chi connectivity index (χ3n) is 2.58. The molecule has 0 saturated heterocycles. The number of hydrogen-bond donors (Lipinski definition) is 0. The van der Waals surface area contributed by atoms with Crippen LogP contribution in [0, 0.1) is 0 Å². The highest BCUT2D eigenvalue weighted by Crippen LogP contribution is 2.25. The third-order valence-corrected chi connectivity index (χ3v) is 3.03. The summed E-state index contributed by atoms with van der Waals surface area (Å²) in [7, 11) is 0. The van der Waals surface area contributed by atoms with Crippen LogP contribution in [0.25, 0.3) is 0 Å². The molecular formula is C14H13ClO2. The average Bonchev–Trinajstić information content (AvgIpc) is 2.87. The second kappa shape index (κ2) is 5.19. The zero-order valence-corrected chi connectivity index (χ0v) is 10.3. The minimum atomic E-state index is -0.688. The molecule has 1 aromatic carbocycles. The molecule has 1 aromatic heterocycles. The maximum atomic E-state index is 12.0. The number of benzene rings is 1. The van der Waals surface area contributed by atoms with Crippen molar-refractivity contribution in [2.24, 2.45) is 0 Å². The van der Waals surface area contributed by atoms with E-state index in [0.717, 1.165) is 17.7 Å². The summed E-state index contributed by atoms with van der Waals surface area (Å²) in [6.45, 7) is 1.97. The monoisotopic (exact) mass is 248 g/mol. The first-order valence-corrected chi connectivity index (χ1v) is 5.98. The summed E-state index contributed by atoms with van der Waals surface area (Å²) in [6, 6.07) is 12.8. The minimum Gasteiger partial charge on any atom is -0.458 e. The highest BCUT2D eigenvalue weighted by Gasteiger charge is 2.21. The van der Waals surface area contributed by atoms with Gasteiger partial charge in [0.05, 0.1) is 0 Å². The number of alkyl halides is 1. The van der Waals surface area contributed by atoms with Gasteiger partial charge in [0.25, 0.3) is 0 Å². The zero-order chi connectivity index (χ0) is 12.3. The van der Waals surface area contributed by atoms with Crippen molar-refractivity contribution in [3.8, 4) is 0 Å². The number of carbonyl (C=O) groups is 1. The van der Waals surface area contributed by atoms with Crippen LogP contribution in [-0.2, 0) is 6.42 Å². The van der Waals surface area contributed by atoms with Crippen LogP contribution in [0.5, 0.6) is 0 Å². The summed E-state index contributed by atoms with van der Waals surface area (Å²) < 4.78 is 5.40. The van der Waals surface area contributed by atoms with Crippen molar-refractivity contribution < 1.29 is 9.21 Å². The summed E-state index contributed by atoms with van der Waals surface area (Å²) in [5.74, 6) is 0.925. The number of carbonyl (C=O) groups excluding carboxylic acids is 1. The molecule has 0 fully saturated rings. The van der Waals surface area contributed by atoms with Crippen LogP contribution in [0.1, 0.15) is 34.2 Å². The molecule has 0 spiro atoms. The normalized spacial score (nSPS) is 12.4. The zero-order valence-electron chi connectivity index (χ0n) is 9.52. The van der Waals surface area contributed by atoms with Crippen LogP contribution in [0.15, 0.2) is 46.9 Å². The summed E-state index contributed by atoms with van der Waals surface area (Å²) in [5.41, 5.74) is 0.786. The molecule has 2 nitrogen and oxygen atoms in total. The van der Waals surface area contributed by atoms with Gasteiger partial charge in [-0.15, -0.1) is 11.6 Å². The topological polar surface area (TPSA) is 30.2 Å². The summed E-state index contributed by atoms with van der Waals surface area (Å²) in [6.07, 6.45) is 0.769. The molecule has 0 N–H and O–H groups in total. The van der Waals surface area contributed by atoms with E-state index in [1.807, 2.05) is 43.3 Å². The van der Waals surface area contributed by atoms with Crippen LogP contribution in [0.4, 0.5) is 0 Å². The van der Waals surface area contributed by atoms with Gasteiger partial charge < -0.3 is 4.42 Å². The highest BCUT2D eigenvalue weighted by molar-refractivity contribution is 6.33. The van der Waals surface area contributed by atoms with Crippen molar-refractivity contribution in [1.82, 2.24) is 0 Å². The molecule has 1 heterocycles. The van der Waals surface area contributed by atoms with Crippen molar-refractivity contribution in [1.29, 1.82) is 0 Å². The maximum absolute atomic E-state index is 12.0. The first kappa shape index (κ1) is 11.9. The van der Waals surface area contributed by atoms with Crippen LogP contribution < -0.4 is 0 Å². The lowest BCUT2D eigenvalue weighted by Gasteiger charge is -2.06. The Labute approximate surface area is 105 Å². The average molecular weight is 249 g/mol. The second-order valence-corrected chi connectivity index (χ2v) is 4.19. The Morgan fingerprint density at radius 3 is 2.53 bits per heavy atom. The van der Waals surface area contributed by atoms with E-state index < -0.39 is 5.38 Å². The fourth-order valence-corrected chi connectivity index (χ4v) is 1.85. The first-order chi connectivity index (χ1) is 8.22. The lowest BCUT2D eigenvalue weighted by Crippen LogP contribution is -2.06. The fraction of sp³-hybridized carbons (Fsp3) is 0.214. The molecule has 88 valence electrons. The van der Waals surface area contributed by atoms with Crippen molar-refractivity contribution in [3.63, 3.8) is 0 Å². The van der Waals surface area contributed by atoms with Gasteiger partial charge in [0.1, 0.15) is 11.1 Å². The van der Waals surface area contributed by atoms with E-state index in [0.29, 0.717) is 5.76 Å². The van der Waals surface area contributed by atoms with E-state index in [2.05, 4.69) is 0 Å². The number of furan rings is 1. The van der Waals surface area contributed by atoms with Crippen molar-refractivity contribution in [3.05, 3.63) is 59.5 Å². The SMILES string of the molecule is CCc1ccc(C(=O)C(Cl)c2ccccc2)o1. The molecule has 2 aromatic rings. The molecule has 0 saturated carbocycles. The quantitative estimate of drug-likeness (QED) is 0.605. The Hall–Kier alpha value is -1.54. The number of ketones is 1. The molecule has 0 aliphatic rings. The van der Waals surface area contributed by atoms with E-state index in [-0.39, 0.29) is 5.78 Å². The van der Waals surface area contributed by atoms with Crippen LogP contribution >= 0.6 is 11.6 Å².